The summed E-state index contributed by atoms with van der Waals surface area (Å²) in [6.07, 6.45) is 2.95. The van der Waals surface area contributed by atoms with E-state index in [1.807, 2.05) is 18.2 Å². The van der Waals surface area contributed by atoms with Gasteiger partial charge in [0.2, 0.25) is 0 Å². The van der Waals surface area contributed by atoms with Crippen molar-refractivity contribution in [3.63, 3.8) is 0 Å². The van der Waals surface area contributed by atoms with Gasteiger partial charge in [0.1, 0.15) is 5.69 Å². The second-order valence-electron chi connectivity index (χ2n) is 5.71. The van der Waals surface area contributed by atoms with Gasteiger partial charge < -0.3 is 4.42 Å². The van der Waals surface area contributed by atoms with Gasteiger partial charge in [-0.3, -0.25) is 20.4 Å². The van der Waals surface area contributed by atoms with Crippen LogP contribution in [0, 0.1) is 0 Å². The Balaban J connectivity index is 1.95. The summed E-state index contributed by atoms with van der Waals surface area (Å²) in [5.41, 5.74) is 7.24. The summed E-state index contributed by atoms with van der Waals surface area (Å²) in [5, 5.41) is 0.687. The van der Waals surface area contributed by atoms with Gasteiger partial charge >= 0.3 is 0 Å². The van der Waals surface area contributed by atoms with E-state index in [4.69, 9.17) is 4.42 Å². The molecule has 3 aromatic rings. The molecule has 0 saturated carbocycles. The average Bonchev–Trinajstić information content (AvgIpc) is 3.12. The number of carbonyl (C=O) groups is 2. The summed E-state index contributed by atoms with van der Waals surface area (Å²) in [4.78, 5) is 28.8. The van der Waals surface area contributed by atoms with Crippen molar-refractivity contribution >= 4 is 22.7 Å². The van der Waals surface area contributed by atoms with Crippen LogP contribution in [0.1, 0.15) is 24.2 Å². The van der Waals surface area contributed by atoms with Crippen molar-refractivity contribution in [3.8, 4) is 11.5 Å². The van der Waals surface area contributed by atoms with Gasteiger partial charge in [0.25, 0.3) is 11.8 Å². The molecule has 6 heteroatoms. The van der Waals surface area contributed by atoms with E-state index >= 15 is 0 Å². The molecule has 126 valence electrons. The summed E-state index contributed by atoms with van der Waals surface area (Å²) in [6, 6.07) is 12.5. The predicted molar refractivity (Wildman–Crippen MR) is 94.5 cm³/mol. The van der Waals surface area contributed by atoms with Crippen LogP contribution < -0.4 is 10.9 Å². The Hall–Kier alpha value is -3.41. The molecular weight excluding hydrogens is 318 g/mol. The predicted octanol–water partition coefficient (Wildman–Crippen LogP) is 3.22. The van der Waals surface area contributed by atoms with E-state index in [0.29, 0.717) is 27.9 Å². The van der Waals surface area contributed by atoms with Crippen LogP contribution in [0.15, 0.2) is 64.8 Å². The smallest absolute Gasteiger partial charge is 0.270 e. The standard InChI is InChI=1S/C19H17N3O3/c1-12(2)10-18(23)21-22-19(24)14-11-16(17-8-5-9-25-17)20-15-7-4-3-6-13(14)15/h3-11H,1-2H3,(H,21,23)(H,22,24). The summed E-state index contributed by atoms with van der Waals surface area (Å²) in [5.74, 6) is -0.256. The Kier molecular flexibility index (Phi) is 4.61. The van der Waals surface area contributed by atoms with Crippen LogP contribution in [0.3, 0.4) is 0 Å². The molecular formula is C19H17N3O3. The van der Waals surface area contributed by atoms with E-state index in [2.05, 4.69) is 15.8 Å². The van der Waals surface area contributed by atoms with Gasteiger partial charge in [0.15, 0.2) is 5.76 Å². The number of hydrazine groups is 1. The normalized spacial score (nSPS) is 10.3. The van der Waals surface area contributed by atoms with Gasteiger partial charge in [0.05, 0.1) is 17.3 Å². The molecule has 0 aliphatic heterocycles. The lowest BCUT2D eigenvalue weighted by Gasteiger charge is -2.10. The zero-order valence-corrected chi connectivity index (χ0v) is 13.9. The molecule has 2 amide bonds. The number of nitrogens with zero attached hydrogens (tertiary/aromatic N) is 1. The van der Waals surface area contributed by atoms with Crippen LogP contribution in [0.4, 0.5) is 0 Å². The monoisotopic (exact) mass is 335 g/mol. The third-order valence-corrected chi connectivity index (χ3v) is 3.45. The number of para-hydroxylation sites is 1. The van der Waals surface area contributed by atoms with E-state index in [0.717, 1.165) is 5.57 Å². The minimum Gasteiger partial charge on any atom is -0.463 e. The van der Waals surface area contributed by atoms with Crippen molar-refractivity contribution in [1.82, 2.24) is 15.8 Å². The lowest BCUT2D eigenvalue weighted by atomic mass is 10.1. The van der Waals surface area contributed by atoms with Crippen LogP contribution in [0.25, 0.3) is 22.4 Å². The Labute approximate surface area is 144 Å². The number of hydrogen-bond donors (Lipinski definition) is 2. The highest BCUT2D eigenvalue weighted by Gasteiger charge is 2.15. The molecule has 0 atom stereocenters. The minimum atomic E-state index is -0.429. The first-order valence-corrected chi connectivity index (χ1v) is 7.73. The van der Waals surface area contributed by atoms with Gasteiger partial charge in [-0.1, -0.05) is 23.8 Å². The SMILES string of the molecule is CC(C)=CC(=O)NNC(=O)c1cc(-c2ccco2)nc2ccccc12. The quantitative estimate of drug-likeness (QED) is 0.568. The highest BCUT2D eigenvalue weighted by molar-refractivity contribution is 6.07. The number of fused-ring (bicyclic) bond motifs is 1. The molecule has 25 heavy (non-hydrogen) atoms. The third kappa shape index (κ3) is 3.74. The number of carbonyl (C=O) groups excluding carboxylic acids is 2. The van der Waals surface area contributed by atoms with Crippen LogP contribution in [-0.4, -0.2) is 16.8 Å². The Morgan fingerprint density at radius 3 is 2.60 bits per heavy atom. The van der Waals surface area contributed by atoms with E-state index in [1.165, 1.54) is 6.08 Å². The topological polar surface area (TPSA) is 84.2 Å². The molecule has 0 radical (unpaired) electrons. The number of hydrogen-bond acceptors (Lipinski definition) is 4. The first-order chi connectivity index (χ1) is 12.0. The zero-order chi connectivity index (χ0) is 17.8. The van der Waals surface area contributed by atoms with Crippen LogP contribution >= 0.6 is 0 Å². The zero-order valence-electron chi connectivity index (χ0n) is 13.9. The summed E-state index contributed by atoms with van der Waals surface area (Å²) >= 11 is 0. The first kappa shape index (κ1) is 16.4. The van der Waals surface area contributed by atoms with Crippen LogP contribution in [0.2, 0.25) is 0 Å². The van der Waals surface area contributed by atoms with Crippen molar-refractivity contribution in [2.45, 2.75) is 13.8 Å². The Morgan fingerprint density at radius 1 is 1.08 bits per heavy atom. The van der Waals surface area contributed by atoms with Gasteiger partial charge in [-0.25, -0.2) is 4.98 Å². The number of amides is 2. The Bertz CT molecular complexity index is 955. The van der Waals surface area contributed by atoms with Crippen molar-refractivity contribution in [2.75, 3.05) is 0 Å². The minimum absolute atomic E-state index is 0.391. The number of pyridine rings is 1. The number of aromatic nitrogens is 1. The molecule has 0 spiro atoms. The number of allylic oxidation sites excluding steroid dienone is 1. The molecule has 0 saturated heterocycles. The number of benzene rings is 1. The van der Waals surface area contributed by atoms with Gasteiger partial charge in [0, 0.05) is 11.5 Å². The molecule has 0 unspecified atom stereocenters. The second kappa shape index (κ2) is 7.00. The second-order valence-corrected chi connectivity index (χ2v) is 5.71. The summed E-state index contributed by atoms with van der Waals surface area (Å²) in [7, 11) is 0. The Morgan fingerprint density at radius 2 is 1.88 bits per heavy atom. The highest BCUT2D eigenvalue weighted by Crippen LogP contribution is 2.25. The largest absolute Gasteiger partial charge is 0.463 e. The molecule has 3 rings (SSSR count). The lowest BCUT2D eigenvalue weighted by Crippen LogP contribution is -2.41. The van der Waals surface area contributed by atoms with E-state index in [9.17, 15) is 9.59 Å². The van der Waals surface area contributed by atoms with Crippen molar-refractivity contribution in [2.24, 2.45) is 0 Å². The molecule has 2 N–H and O–H groups in total. The third-order valence-electron chi connectivity index (χ3n) is 3.45. The van der Waals surface area contributed by atoms with Crippen LogP contribution in [0.5, 0.6) is 0 Å². The molecule has 2 heterocycles. The van der Waals surface area contributed by atoms with Crippen molar-refractivity contribution in [1.29, 1.82) is 0 Å². The number of nitrogens with one attached hydrogen (secondary N) is 2. The van der Waals surface area contributed by atoms with Crippen molar-refractivity contribution in [3.05, 3.63) is 65.9 Å². The van der Waals surface area contributed by atoms with Crippen LogP contribution in [-0.2, 0) is 4.79 Å². The molecule has 0 bridgehead atoms. The molecule has 6 nitrogen and oxygen atoms in total. The first-order valence-electron chi connectivity index (χ1n) is 7.73. The molecule has 0 aliphatic carbocycles. The number of rotatable bonds is 3. The summed E-state index contributed by atoms with van der Waals surface area (Å²) < 4.78 is 5.37. The summed E-state index contributed by atoms with van der Waals surface area (Å²) in [6.45, 7) is 3.60. The fraction of sp³-hybridized carbons (Fsp3) is 0.105. The fourth-order valence-corrected chi connectivity index (χ4v) is 2.40. The van der Waals surface area contributed by atoms with Gasteiger partial charge in [-0.15, -0.1) is 0 Å². The van der Waals surface area contributed by atoms with Gasteiger partial charge in [-0.05, 0) is 38.1 Å². The molecule has 0 aliphatic rings. The maximum atomic E-state index is 12.6. The van der Waals surface area contributed by atoms with E-state index in [1.54, 1.807) is 44.4 Å². The maximum absolute atomic E-state index is 12.6. The maximum Gasteiger partial charge on any atom is 0.270 e. The van der Waals surface area contributed by atoms with Crippen molar-refractivity contribution < 1.29 is 14.0 Å². The van der Waals surface area contributed by atoms with E-state index < -0.39 is 11.8 Å². The van der Waals surface area contributed by atoms with E-state index in [-0.39, 0.29) is 0 Å². The lowest BCUT2D eigenvalue weighted by molar-refractivity contribution is -0.117. The molecule has 2 aromatic heterocycles. The number of furan rings is 1. The fourth-order valence-electron chi connectivity index (χ4n) is 2.40. The highest BCUT2D eigenvalue weighted by atomic mass is 16.3. The average molecular weight is 335 g/mol. The van der Waals surface area contributed by atoms with Gasteiger partial charge in [-0.2, -0.15) is 0 Å². The molecule has 0 fully saturated rings. The molecule has 1 aromatic carbocycles.